The number of aliphatic hydroxyl groups is 1. The van der Waals surface area contributed by atoms with Gasteiger partial charge in [0.25, 0.3) is 0 Å². The maximum atomic E-state index is 12.5. The highest BCUT2D eigenvalue weighted by molar-refractivity contribution is 5.85. The molecule has 0 aromatic carbocycles. The molecule has 0 aromatic rings. The highest BCUT2D eigenvalue weighted by Crippen LogP contribution is 2.40. The number of rotatable bonds is 3. The van der Waals surface area contributed by atoms with Crippen LogP contribution in [0.15, 0.2) is 0 Å². The van der Waals surface area contributed by atoms with Crippen LogP contribution in [0.2, 0.25) is 0 Å². The van der Waals surface area contributed by atoms with Crippen molar-refractivity contribution in [1.29, 1.82) is 5.26 Å². The molecule has 1 saturated heterocycles. The first kappa shape index (κ1) is 13.4. The monoisotopic (exact) mass is 250 g/mol. The maximum absolute atomic E-state index is 12.5. The fourth-order valence-corrected chi connectivity index (χ4v) is 3.46. The van der Waals surface area contributed by atoms with Gasteiger partial charge in [-0.2, -0.15) is 5.26 Å². The highest BCUT2D eigenvalue weighted by Gasteiger charge is 2.47. The topological polar surface area (TPSA) is 64.3 Å². The average Bonchev–Trinajstić information content (AvgIpc) is 2.95. The van der Waals surface area contributed by atoms with Crippen molar-refractivity contribution in [2.24, 2.45) is 17.3 Å². The summed E-state index contributed by atoms with van der Waals surface area (Å²) >= 11 is 0. The molecule has 18 heavy (non-hydrogen) atoms. The summed E-state index contributed by atoms with van der Waals surface area (Å²) in [6.45, 7) is 5.16. The lowest BCUT2D eigenvalue weighted by atomic mass is 9.82. The number of fused-ring (bicyclic) bond motifs is 1. The van der Waals surface area contributed by atoms with E-state index in [0.29, 0.717) is 25.3 Å². The molecule has 2 aliphatic rings. The van der Waals surface area contributed by atoms with Crippen LogP contribution in [-0.4, -0.2) is 35.1 Å². The molecule has 1 saturated carbocycles. The van der Waals surface area contributed by atoms with Crippen LogP contribution >= 0.6 is 0 Å². The van der Waals surface area contributed by atoms with Gasteiger partial charge in [0.2, 0.25) is 5.91 Å². The Labute approximate surface area is 109 Å². The minimum Gasteiger partial charge on any atom is -0.393 e. The second-order valence-electron chi connectivity index (χ2n) is 5.68. The standard InChI is InChI=1S/C14H22N2O2/c1-3-14(4-2,9-15)13(18)16-7-10-5-6-12(17)11(10)8-16/h10-12,17H,3-8H2,1-2H3. The zero-order valence-electron chi connectivity index (χ0n) is 11.2. The summed E-state index contributed by atoms with van der Waals surface area (Å²) in [5.41, 5.74) is -0.858. The summed E-state index contributed by atoms with van der Waals surface area (Å²) in [5.74, 6) is 0.643. The van der Waals surface area contributed by atoms with Crippen molar-refractivity contribution in [2.45, 2.75) is 45.6 Å². The number of likely N-dealkylation sites (tertiary alicyclic amines) is 1. The Balaban J connectivity index is 2.10. The van der Waals surface area contributed by atoms with Crippen molar-refractivity contribution < 1.29 is 9.90 Å². The third kappa shape index (κ3) is 1.91. The normalized spacial score (nSPS) is 31.2. The quantitative estimate of drug-likeness (QED) is 0.826. The minimum atomic E-state index is -0.858. The summed E-state index contributed by atoms with van der Waals surface area (Å²) in [5, 5.41) is 19.2. The van der Waals surface area contributed by atoms with Gasteiger partial charge < -0.3 is 10.0 Å². The molecule has 4 nitrogen and oxygen atoms in total. The predicted molar refractivity (Wildman–Crippen MR) is 67.4 cm³/mol. The number of carbonyl (C=O) groups excluding carboxylic acids is 1. The van der Waals surface area contributed by atoms with Gasteiger partial charge in [-0.1, -0.05) is 13.8 Å². The molecule has 3 unspecified atom stereocenters. The van der Waals surface area contributed by atoms with Crippen molar-refractivity contribution in [3.63, 3.8) is 0 Å². The summed E-state index contributed by atoms with van der Waals surface area (Å²) in [7, 11) is 0. The van der Waals surface area contributed by atoms with Gasteiger partial charge in [0.15, 0.2) is 0 Å². The second-order valence-corrected chi connectivity index (χ2v) is 5.68. The van der Waals surface area contributed by atoms with E-state index in [1.165, 1.54) is 0 Å². The van der Waals surface area contributed by atoms with Crippen LogP contribution in [0, 0.1) is 28.6 Å². The Morgan fingerprint density at radius 2 is 2.06 bits per heavy atom. The molecular weight excluding hydrogens is 228 g/mol. The second kappa shape index (κ2) is 4.89. The van der Waals surface area contributed by atoms with E-state index in [1.54, 1.807) is 0 Å². The number of hydrogen-bond acceptors (Lipinski definition) is 3. The van der Waals surface area contributed by atoms with Gasteiger partial charge in [-0.3, -0.25) is 4.79 Å². The Morgan fingerprint density at radius 1 is 1.39 bits per heavy atom. The Morgan fingerprint density at radius 3 is 2.56 bits per heavy atom. The first-order valence-corrected chi connectivity index (χ1v) is 6.96. The van der Waals surface area contributed by atoms with E-state index < -0.39 is 5.41 Å². The lowest BCUT2D eigenvalue weighted by Crippen LogP contribution is -2.42. The Hall–Kier alpha value is -1.08. The number of carbonyl (C=O) groups is 1. The van der Waals surface area contributed by atoms with Gasteiger partial charge in [-0.15, -0.1) is 0 Å². The van der Waals surface area contributed by atoms with Crippen LogP contribution in [-0.2, 0) is 4.79 Å². The third-order valence-electron chi connectivity index (χ3n) is 4.94. The van der Waals surface area contributed by atoms with Crippen LogP contribution < -0.4 is 0 Å². The van der Waals surface area contributed by atoms with Crippen LogP contribution in [0.4, 0.5) is 0 Å². The molecule has 0 spiro atoms. The highest BCUT2D eigenvalue weighted by atomic mass is 16.3. The molecule has 0 radical (unpaired) electrons. The van der Waals surface area contributed by atoms with Crippen molar-refractivity contribution in [1.82, 2.24) is 4.90 Å². The molecule has 100 valence electrons. The first-order chi connectivity index (χ1) is 8.57. The fraction of sp³-hybridized carbons (Fsp3) is 0.857. The smallest absolute Gasteiger partial charge is 0.243 e. The summed E-state index contributed by atoms with van der Waals surface area (Å²) in [4.78, 5) is 14.3. The van der Waals surface area contributed by atoms with Gasteiger partial charge in [0, 0.05) is 19.0 Å². The van der Waals surface area contributed by atoms with E-state index in [2.05, 4.69) is 6.07 Å². The van der Waals surface area contributed by atoms with E-state index in [9.17, 15) is 15.2 Å². The Kier molecular flexibility index (Phi) is 3.63. The van der Waals surface area contributed by atoms with Crippen LogP contribution in [0.5, 0.6) is 0 Å². The van der Waals surface area contributed by atoms with Gasteiger partial charge >= 0.3 is 0 Å². The van der Waals surface area contributed by atoms with Gasteiger partial charge in [0.05, 0.1) is 12.2 Å². The summed E-state index contributed by atoms with van der Waals surface area (Å²) in [6, 6.07) is 2.21. The van der Waals surface area contributed by atoms with Crippen LogP contribution in [0.3, 0.4) is 0 Å². The van der Waals surface area contributed by atoms with Crippen molar-refractivity contribution in [3.8, 4) is 6.07 Å². The van der Waals surface area contributed by atoms with Crippen molar-refractivity contribution in [3.05, 3.63) is 0 Å². The molecule has 1 amide bonds. The zero-order valence-corrected chi connectivity index (χ0v) is 11.2. The average molecular weight is 250 g/mol. The van der Waals surface area contributed by atoms with E-state index >= 15 is 0 Å². The summed E-state index contributed by atoms with van der Waals surface area (Å²) < 4.78 is 0. The molecular formula is C14H22N2O2. The third-order valence-corrected chi connectivity index (χ3v) is 4.94. The van der Waals surface area contributed by atoms with E-state index in [4.69, 9.17) is 0 Å². The van der Waals surface area contributed by atoms with Gasteiger partial charge in [0.1, 0.15) is 5.41 Å². The molecule has 3 atom stereocenters. The predicted octanol–water partition coefficient (Wildman–Crippen LogP) is 1.55. The van der Waals surface area contributed by atoms with Crippen LogP contribution in [0.1, 0.15) is 39.5 Å². The molecule has 1 aliphatic carbocycles. The molecule has 4 heteroatoms. The number of hydrogen-bond donors (Lipinski definition) is 1. The van der Waals surface area contributed by atoms with E-state index in [-0.39, 0.29) is 17.9 Å². The molecule has 1 heterocycles. The molecule has 1 aliphatic heterocycles. The van der Waals surface area contributed by atoms with Gasteiger partial charge in [-0.05, 0) is 31.6 Å². The van der Waals surface area contributed by atoms with Crippen LogP contribution in [0.25, 0.3) is 0 Å². The minimum absolute atomic E-state index is 0.0309. The summed E-state index contributed by atoms with van der Waals surface area (Å²) in [6.07, 6.45) is 2.74. The fourth-order valence-electron chi connectivity index (χ4n) is 3.46. The van der Waals surface area contributed by atoms with E-state index in [1.807, 2.05) is 18.7 Å². The molecule has 0 aromatic heterocycles. The van der Waals surface area contributed by atoms with E-state index in [0.717, 1.165) is 19.4 Å². The van der Waals surface area contributed by atoms with Crippen molar-refractivity contribution >= 4 is 5.91 Å². The zero-order chi connectivity index (χ0) is 13.3. The Bertz CT molecular complexity index is 370. The first-order valence-electron chi connectivity index (χ1n) is 6.96. The molecule has 2 fully saturated rings. The largest absolute Gasteiger partial charge is 0.393 e. The maximum Gasteiger partial charge on any atom is 0.243 e. The van der Waals surface area contributed by atoms with Crippen molar-refractivity contribution in [2.75, 3.05) is 13.1 Å². The molecule has 1 N–H and O–H groups in total. The number of aliphatic hydroxyl groups excluding tert-OH is 1. The lowest BCUT2D eigenvalue weighted by Gasteiger charge is -2.29. The number of nitriles is 1. The number of nitrogens with zero attached hydrogens (tertiary/aromatic N) is 2. The lowest BCUT2D eigenvalue weighted by molar-refractivity contribution is -0.138. The molecule has 2 rings (SSSR count). The molecule has 0 bridgehead atoms. The van der Waals surface area contributed by atoms with Gasteiger partial charge in [-0.25, -0.2) is 0 Å². The SMILES string of the molecule is CCC(C#N)(CC)C(=O)N1CC2CCC(O)C2C1. The number of amides is 1.